The molecule has 5 heteroatoms. The van der Waals surface area contributed by atoms with Crippen molar-refractivity contribution in [3.8, 4) is 0 Å². The second-order valence-electron chi connectivity index (χ2n) is 3.93. The van der Waals surface area contributed by atoms with Gasteiger partial charge in [0.2, 0.25) is 0 Å². The quantitative estimate of drug-likeness (QED) is 0.805. The van der Waals surface area contributed by atoms with Crippen molar-refractivity contribution < 1.29 is 4.74 Å². The Morgan fingerprint density at radius 1 is 1.38 bits per heavy atom. The molecular weight excluding hydrogens is 226 g/mol. The van der Waals surface area contributed by atoms with E-state index in [1.54, 1.807) is 6.20 Å². The van der Waals surface area contributed by atoms with Crippen LogP contribution in [-0.2, 0) is 4.74 Å². The molecular formula is C11H16ClN3O. The summed E-state index contributed by atoms with van der Waals surface area (Å²) in [6.07, 6.45) is 8.65. The minimum atomic E-state index is 0.404. The summed E-state index contributed by atoms with van der Waals surface area (Å²) in [4.78, 5) is 8.02. The van der Waals surface area contributed by atoms with Gasteiger partial charge >= 0.3 is 0 Å². The number of hydrogen-bond acceptors (Lipinski definition) is 4. The molecule has 4 nitrogen and oxygen atoms in total. The highest BCUT2D eigenvalue weighted by Gasteiger charge is 2.14. The third-order valence-electron chi connectivity index (χ3n) is 2.67. The van der Waals surface area contributed by atoms with Gasteiger partial charge in [0, 0.05) is 6.54 Å². The molecule has 0 atom stereocenters. The van der Waals surface area contributed by atoms with Crippen molar-refractivity contribution in [2.75, 3.05) is 18.5 Å². The van der Waals surface area contributed by atoms with Crippen molar-refractivity contribution in [1.29, 1.82) is 0 Å². The maximum atomic E-state index is 5.72. The van der Waals surface area contributed by atoms with E-state index in [1.165, 1.54) is 31.9 Å². The molecule has 1 N–H and O–H groups in total. The van der Waals surface area contributed by atoms with Gasteiger partial charge in [-0.05, 0) is 12.8 Å². The maximum absolute atomic E-state index is 5.72. The van der Waals surface area contributed by atoms with E-state index in [-0.39, 0.29) is 0 Å². The number of nitrogens with one attached hydrogen (secondary N) is 1. The van der Waals surface area contributed by atoms with Gasteiger partial charge in [-0.25, -0.2) is 4.98 Å². The average Bonchev–Trinajstić information content (AvgIpc) is 2.77. The van der Waals surface area contributed by atoms with Crippen molar-refractivity contribution in [2.24, 2.45) is 0 Å². The van der Waals surface area contributed by atoms with Gasteiger partial charge < -0.3 is 10.1 Å². The first-order valence-electron chi connectivity index (χ1n) is 5.67. The van der Waals surface area contributed by atoms with Crippen molar-refractivity contribution >= 4 is 17.4 Å². The van der Waals surface area contributed by atoms with Gasteiger partial charge in [0.1, 0.15) is 11.0 Å². The van der Waals surface area contributed by atoms with Crippen LogP contribution in [0.5, 0.6) is 0 Å². The van der Waals surface area contributed by atoms with Crippen LogP contribution in [-0.4, -0.2) is 29.2 Å². The predicted octanol–water partition coefficient (Wildman–Crippen LogP) is 2.50. The summed E-state index contributed by atoms with van der Waals surface area (Å²) < 4.78 is 5.71. The standard InChI is InChI=1S/C11H16ClN3O/c12-10-7-13-8-11(15-10)14-5-6-16-9-3-1-2-4-9/h7-9H,1-6H2,(H,14,15). The second kappa shape index (κ2) is 6.01. The molecule has 1 fully saturated rings. The van der Waals surface area contributed by atoms with Gasteiger partial charge in [0.15, 0.2) is 0 Å². The molecule has 88 valence electrons. The van der Waals surface area contributed by atoms with Crippen LogP contribution < -0.4 is 5.32 Å². The topological polar surface area (TPSA) is 47.0 Å². The smallest absolute Gasteiger partial charge is 0.149 e. The summed E-state index contributed by atoms with van der Waals surface area (Å²) in [6, 6.07) is 0. The monoisotopic (exact) mass is 241 g/mol. The fourth-order valence-corrected chi connectivity index (χ4v) is 2.03. The first-order valence-corrected chi connectivity index (χ1v) is 6.05. The average molecular weight is 242 g/mol. The van der Waals surface area contributed by atoms with Crippen molar-refractivity contribution in [3.05, 3.63) is 17.5 Å². The third-order valence-corrected chi connectivity index (χ3v) is 2.85. The maximum Gasteiger partial charge on any atom is 0.149 e. The largest absolute Gasteiger partial charge is 0.376 e. The van der Waals surface area contributed by atoms with Crippen LogP contribution in [0.4, 0.5) is 5.82 Å². The highest BCUT2D eigenvalue weighted by molar-refractivity contribution is 6.29. The van der Waals surface area contributed by atoms with E-state index in [2.05, 4.69) is 15.3 Å². The van der Waals surface area contributed by atoms with Gasteiger partial charge in [-0.3, -0.25) is 4.98 Å². The summed E-state index contributed by atoms with van der Waals surface area (Å²) >= 11 is 5.72. The first kappa shape index (κ1) is 11.6. The molecule has 1 aromatic rings. The number of nitrogens with zero attached hydrogens (tertiary/aromatic N) is 2. The second-order valence-corrected chi connectivity index (χ2v) is 4.32. The molecule has 0 unspecified atom stereocenters. The zero-order chi connectivity index (χ0) is 11.2. The predicted molar refractivity (Wildman–Crippen MR) is 63.7 cm³/mol. The zero-order valence-electron chi connectivity index (χ0n) is 9.16. The van der Waals surface area contributed by atoms with Crippen LogP contribution in [0.1, 0.15) is 25.7 Å². The fraction of sp³-hybridized carbons (Fsp3) is 0.636. The molecule has 0 aromatic carbocycles. The van der Waals surface area contributed by atoms with Crippen molar-refractivity contribution in [1.82, 2.24) is 9.97 Å². The molecule has 1 heterocycles. The van der Waals surface area contributed by atoms with Gasteiger partial charge in [0.05, 0.1) is 25.1 Å². The number of halogens is 1. The Bertz CT molecular complexity index is 329. The Labute approximate surface area is 100 Å². The van der Waals surface area contributed by atoms with E-state index in [0.717, 1.165) is 6.54 Å². The molecule has 0 amide bonds. The Balaban J connectivity index is 1.64. The lowest BCUT2D eigenvalue weighted by Crippen LogP contribution is -2.15. The molecule has 0 saturated heterocycles. The van der Waals surface area contributed by atoms with E-state index in [0.29, 0.717) is 23.7 Å². The number of ether oxygens (including phenoxy) is 1. The highest BCUT2D eigenvalue weighted by Crippen LogP contribution is 2.20. The van der Waals surface area contributed by atoms with Crippen molar-refractivity contribution in [2.45, 2.75) is 31.8 Å². The molecule has 16 heavy (non-hydrogen) atoms. The SMILES string of the molecule is Clc1cncc(NCCOC2CCCC2)n1. The lowest BCUT2D eigenvalue weighted by molar-refractivity contribution is 0.0658. The molecule has 1 aromatic heterocycles. The van der Waals surface area contributed by atoms with Gasteiger partial charge in [-0.15, -0.1) is 0 Å². The van der Waals surface area contributed by atoms with Gasteiger partial charge in [0.25, 0.3) is 0 Å². The highest BCUT2D eigenvalue weighted by atomic mass is 35.5. The molecule has 1 aliphatic rings. The third kappa shape index (κ3) is 3.61. The summed E-state index contributed by atoms with van der Waals surface area (Å²) in [7, 11) is 0. The van der Waals surface area contributed by atoms with Crippen LogP contribution in [0.25, 0.3) is 0 Å². The van der Waals surface area contributed by atoms with E-state index in [1.807, 2.05) is 0 Å². The summed E-state index contributed by atoms with van der Waals surface area (Å²) in [5.41, 5.74) is 0. The molecule has 0 bridgehead atoms. The van der Waals surface area contributed by atoms with Crippen LogP contribution in [0.2, 0.25) is 5.15 Å². The van der Waals surface area contributed by atoms with E-state index >= 15 is 0 Å². The lowest BCUT2D eigenvalue weighted by atomic mass is 10.3. The molecule has 0 spiro atoms. The van der Waals surface area contributed by atoms with Crippen LogP contribution in [0.3, 0.4) is 0 Å². The number of rotatable bonds is 5. The summed E-state index contributed by atoms with van der Waals surface area (Å²) in [5, 5.41) is 3.53. The zero-order valence-corrected chi connectivity index (χ0v) is 9.91. The number of anilines is 1. The van der Waals surface area contributed by atoms with Crippen LogP contribution in [0.15, 0.2) is 12.4 Å². The number of aromatic nitrogens is 2. The Morgan fingerprint density at radius 3 is 2.94 bits per heavy atom. The summed E-state index contributed by atoms with van der Waals surface area (Å²) in [5.74, 6) is 0.697. The van der Waals surface area contributed by atoms with Crippen LogP contribution >= 0.6 is 11.6 Å². The lowest BCUT2D eigenvalue weighted by Gasteiger charge is -2.11. The molecule has 1 saturated carbocycles. The fourth-order valence-electron chi connectivity index (χ4n) is 1.89. The van der Waals surface area contributed by atoms with E-state index < -0.39 is 0 Å². The Hall–Kier alpha value is -0.870. The van der Waals surface area contributed by atoms with Crippen molar-refractivity contribution in [3.63, 3.8) is 0 Å². The Kier molecular flexibility index (Phi) is 4.36. The normalized spacial score (nSPS) is 16.6. The summed E-state index contributed by atoms with van der Waals surface area (Å²) in [6.45, 7) is 1.45. The number of hydrogen-bond donors (Lipinski definition) is 1. The molecule has 0 radical (unpaired) electrons. The minimum absolute atomic E-state index is 0.404. The molecule has 0 aliphatic heterocycles. The van der Waals surface area contributed by atoms with Gasteiger partial charge in [-0.2, -0.15) is 0 Å². The first-order chi connectivity index (χ1) is 7.84. The van der Waals surface area contributed by atoms with Crippen LogP contribution in [0, 0.1) is 0 Å². The minimum Gasteiger partial charge on any atom is -0.376 e. The molecule has 1 aliphatic carbocycles. The van der Waals surface area contributed by atoms with Gasteiger partial charge in [-0.1, -0.05) is 24.4 Å². The Morgan fingerprint density at radius 2 is 2.19 bits per heavy atom. The van der Waals surface area contributed by atoms with E-state index in [9.17, 15) is 0 Å². The molecule has 2 rings (SSSR count). The van der Waals surface area contributed by atoms with E-state index in [4.69, 9.17) is 16.3 Å².